The lowest BCUT2D eigenvalue weighted by atomic mass is 9.99. The number of aromatic amines is 1. The molecule has 0 radical (unpaired) electrons. The number of imide groups is 1. The third kappa shape index (κ3) is 4.01. The van der Waals surface area contributed by atoms with Gasteiger partial charge in [-0.05, 0) is 31.1 Å². The van der Waals surface area contributed by atoms with E-state index in [0.717, 1.165) is 4.90 Å². The number of nitrogens with zero attached hydrogens (tertiary/aromatic N) is 5. The van der Waals surface area contributed by atoms with Crippen molar-refractivity contribution >= 4 is 27.7 Å². The summed E-state index contributed by atoms with van der Waals surface area (Å²) in [5.41, 5.74) is 0.613. The predicted octanol–water partition coefficient (Wildman–Crippen LogP) is 0.545. The summed E-state index contributed by atoms with van der Waals surface area (Å²) in [6.45, 7) is -0.714. The second-order valence-electron chi connectivity index (χ2n) is 8.71. The second-order valence-corrected chi connectivity index (χ2v) is 10.6. The number of allylic oxidation sites excluding steroid dienone is 1. The van der Waals surface area contributed by atoms with E-state index in [1.54, 1.807) is 36.4 Å². The van der Waals surface area contributed by atoms with Gasteiger partial charge in [-0.1, -0.05) is 6.08 Å². The van der Waals surface area contributed by atoms with Gasteiger partial charge in [0, 0.05) is 25.0 Å². The van der Waals surface area contributed by atoms with Crippen LogP contribution >= 0.6 is 0 Å². The number of aromatic nitrogens is 4. The molecule has 2 aromatic rings. The van der Waals surface area contributed by atoms with E-state index >= 15 is 0 Å². The zero-order valence-corrected chi connectivity index (χ0v) is 19.1. The number of sulfonamides is 1. The average Bonchev–Trinajstić information content (AvgIpc) is 3.17. The highest BCUT2D eigenvalue weighted by molar-refractivity contribution is 7.90. The molecular formula is C21H23FN7O4S+. The quantitative estimate of drug-likeness (QED) is 0.522. The molecule has 5 rings (SSSR count). The Hall–Kier alpha value is -3.45. The number of fused-ring (bicyclic) bond motifs is 1. The Morgan fingerprint density at radius 2 is 2.15 bits per heavy atom. The van der Waals surface area contributed by atoms with E-state index in [4.69, 9.17) is 0 Å². The molecule has 3 amide bonds. The van der Waals surface area contributed by atoms with Crippen molar-refractivity contribution in [3.05, 3.63) is 59.7 Å². The molecule has 1 aliphatic heterocycles. The zero-order chi connectivity index (χ0) is 24.1. The highest BCUT2D eigenvalue weighted by Crippen LogP contribution is 2.37. The fraction of sp³-hybridized carbons (Fsp3) is 0.381. The number of amides is 3. The average molecular weight is 489 g/mol. The highest BCUT2D eigenvalue weighted by Gasteiger charge is 2.49. The molecule has 3 aliphatic rings. The highest BCUT2D eigenvalue weighted by atomic mass is 32.2. The van der Waals surface area contributed by atoms with Crippen LogP contribution in [0.1, 0.15) is 24.1 Å². The summed E-state index contributed by atoms with van der Waals surface area (Å²) >= 11 is 0. The van der Waals surface area contributed by atoms with Crippen LogP contribution in [0.3, 0.4) is 0 Å². The topological polar surface area (TPSA) is 133 Å². The van der Waals surface area contributed by atoms with Gasteiger partial charge in [0.2, 0.25) is 10.0 Å². The molecule has 1 fully saturated rings. The van der Waals surface area contributed by atoms with Gasteiger partial charge in [-0.15, -0.1) is 0 Å². The molecular weight excluding hydrogens is 465 g/mol. The van der Waals surface area contributed by atoms with Gasteiger partial charge in [-0.2, -0.15) is 24.5 Å². The third-order valence-electron chi connectivity index (χ3n) is 6.09. The summed E-state index contributed by atoms with van der Waals surface area (Å²) in [7, 11) is -2.27. The molecule has 178 valence electrons. The van der Waals surface area contributed by atoms with Crippen molar-refractivity contribution in [2.24, 2.45) is 7.05 Å². The molecule has 0 spiro atoms. The Kier molecular flexibility index (Phi) is 5.32. The van der Waals surface area contributed by atoms with Crippen LogP contribution in [0, 0.1) is 0 Å². The van der Waals surface area contributed by atoms with Crippen molar-refractivity contribution in [3.8, 4) is 0 Å². The lowest BCUT2D eigenvalue weighted by Gasteiger charge is -2.26. The number of hydrogen-bond donors (Lipinski definition) is 2. The van der Waals surface area contributed by atoms with Crippen LogP contribution in [0.15, 0.2) is 48.5 Å². The molecule has 2 N–H and O–H groups in total. The second kappa shape index (κ2) is 8.09. The van der Waals surface area contributed by atoms with Gasteiger partial charge in [0.25, 0.3) is 0 Å². The first-order chi connectivity index (χ1) is 16.2. The summed E-state index contributed by atoms with van der Waals surface area (Å²) in [6, 6.07) is 1.16. The van der Waals surface area contributed by atoms with Crippen LogP contribution in [0.2, 0.25) is 0 Å². The molecule has 1 atom stereocenters. The minimum absolute atomic E-state index is 0.0278. The van der Waals surface area contributed by atoms with E-state index in [1.807, 2.05) is 0 Å². The Balaban J connectivity index is 1.53. The van der Waals surface area contributed by atoms with Gasteiger partial charge in [0.05, 0.1) is 17.4 Å². The monoisotopic (exact) mass is 488 g/mol. The van der Waals surface area contributed by atoms with Gasteiger partial charge in [-0.25, -0.2) is 22.3 Å². The van der Waals surface area contributed by atoms with E-state index in [0.29, 0.717) is 29.8 Å². The van der Waals surface area contributed by atoms with Crippen molar-refractivity contribution in [2.45, 2.75) is 36.7 Å². The van der Waals surface area contributed by atoms with E-state index in [1.165, 1.54) is 22.8 Å². The number of alkyl halides is 1. The zero-order valence-electron chi connectivity index (χ0n) is 18.3. The Morgan fingerprint density at radius 3 is 2.76 bits per heavy atom. The number of carbonyl (C=O) groups is 2. The molecule has 11 nitrogen and oxygen atoms in total. The lowest BCUT2D eigenvalue weighted by molar-refractivity contribution is -0.454. The third-order valence-corrected chi connectivity index (χ3v) is 7.82. The van der Waals surface area contributed by atoms with Crippen molar-refractivity contribution in [1.82, 2.24) is 29.6 Å². The molecule has 1 saturated carbocycles. The maximum absolute atomic E-state index is 13.4. The fourth-order valence-corrected chi connectivity index (χ4v) is 5.63. The number of aryl methyl sites for hydroxylation is 1. The van der Waals surface area contributed by atoms with Gasteiger partial charge in [0.1, 0.15) is 36.3 Å². The molecule has 2 aromatic heterocycles. The number of urea groups is 1. The van der Waals surface area contributed by atoms with Gasteiger partial charge >= 0.3 is 11.9 Å². The molecule has 2 aliphatic carbocycles. The number of halogens is 1. The minimum atomic E-state index is -3.99. The number of H-pyrrole nitrogens is 1. The number of rotatable bonds is 8. The smallest absolute Gasteiger partial charge is 0.279 e. The summed E-state index contributed by atoms with van der Waals surface area (Å²) in [4.78, 5) is 27.8. The van der Waals surface area contributed by atoms with Crippen LogP contribution in [0.25, 0.3) is 0 Å². The van der Waals surface area contributed by atoms with Gasteiger partial charge < -0.3 is 0 Å². The van der Waals surface area contributed by atoms with Crippen LogP contribution in [-0.4, -0.2) is 73.0 Å². The molecule has 3 heterocycles. The molecule has 13 heteroatoms. The van der Waals surface area contributed by atoms with Crippen molar-refractivity contribution in [3.63, 3.8) is 0 Å². The van der Waals surface area contributed by atoms with E-state index in [2.05, 4.69) is 20.0 Å². The lowest BCUT2D eigenvalue weighted by Crippen LogP contribution is -2.51. The fourth-order valence-electron chi connectivity index (χ4n) is 4.03. The molecule has 0 aromatic carbocycles. The SMILES string of the molecule is Cn1cc(CN2C(=O)C3=CC(S(=O)(=O)NC4(CF)CC4)C=CC3=[N+](Cc3ccn[nH]3)C2=O)cn1. The van der Waals surface area contributed by atoms with Crippen LogP contribution in [0.4, 0.5) is 9.18 Å². The summed E-state index contributed by atoms with van der Waals surface area (Å²) < 4.78 is 44.6. The Morgan fingerprint density at radius 1 is 1.35 bits per heavy atom. The number of hydrogen-bond acceptors (Lipinski definition) is 6. The maximum atomic E-state index is 13.4. The largest absolute Gasteiger partial charge is 0.502 e. The van der Waals surface area contributed by atoms with E-state index in [-0.39, 0.29) is 18.7 Å². The maximum Gasteiger partial charge on any atom is 0.502 e. The summed E-state index contributed by atoms with van der Waals surface area (Å²) in [5, 5.41) is 9.59. The predicted molar refractivity (Wildman–Crippen MR) is 118 cm³/mol. The number of carbonyl (C=O) groups excluding carboxylic acids is 2. The van der Waals surface area contributed by atoms with Crippen LogP contribution in [0.5, 0.6) is 0 Å². The molecule has 0 bridgehead atoms. The van der Waals surface area contributed by atoms with Gasteiger partial charge in [0.15, 0.2) is 0 Å². The van der Waals surface area contributed by atoms with Crippen molar-refractivity contribution in [2.75, 3.05) is 6.67 Å². The van der Waals surface area contributed by atoms with Crippen LogP contribution < -0.4 is 4.72 Å². The normalized spacial score (nSPS) is 21.6. The molecule has 0 saturated heterocycles. The standard InChI is InChI=1S/C21H23FN7O4S/c1-27-10-14(9-24-27)11-29-19(30)17-8-16(34(32,33)26-21(13-22)5-6-21)2-3-18(17)28(20(29)31)12-15-4-7-23-25-15/h2-4,7-10,16,26H,5-6,11-13H2,1H3,(H,23,25)/q+1. The Labute approximate surface area is 194 Å². The summed E-state index contributed by atoms with van der Waals surface area (Å²) in [5.74, 6) is -0.610. The Bertz CT molecular complexity index is 1350. The van der Waals surface area contributed by atoms with Crippen LogP contribution in [-0.2, 0) is 35.0 Å². The molecule has 34 heavy (non-hydrogen) atoms. The molecule has 1 unspecified atom stereocenters. The first kappa shape index (κ1) is 22.3. The first-order valence-corrected chi connectivity index (χ1v) is 12.2. The van der Waals surface area contributed by atoms with Crippen molar-refractivity contribution < 1.29 is 27.0 Å². The number of nitrogens with one attached hydrogen (secondary N) is 2. The minimum Gasteiger partial charge on any atom is -0.279 e. The van der Waals surface area contributed by atoms with Crippen molar-refractivity contribution in [1.29, 1.82) is 0 Å². The van der Waals surface area contributed by atoms with E-state index < -0.39 is 39.4 Å². The summed E-state index contributed by atoms with van der Waals surface area (Å²) in [6.07, 6.45) is 9.82. The van der Waals surface area contributed by atoms with E-state index in [9.17, 15) is 22.4 Å². The first-order valence-electron chi connectivity index (χ1n) is 10.7. The van der Waals surface area contributed by atoms with Gasteiger partial charge in [-0.3, -0.25) is 9.78 Å².